The van der Waals surface area contributed by atoms with Crippen molar-refractivity contribution in [3.8, 4) is 0 Å². The molecule has 0 fully saturated rings. The minimum Gasteiger partial charge on any atom is -0.171 e. The fourth-order valence-corrected chi connectivity index (χ4v) is 2.94. The molecule has 0 heterocycles. The van der Waals surface area contributed by atoms with Crippen LogP contribution in [0.2, 0.25) is 0 Å². The zero-order valence-corrected chi connectivity index (χ0v) is 12.2. The van der Waals surface area contributed by atoms with E-state index in [2.05, 4.69) is 26.2 Å². The molecule has 0 bridgehead atoms. The van der Waals surface area contributed by atoms with Crippen LogP contribution < -0.4 is 0 Å². The fraction of sp³-hybridized carbons (Fsp3) is 0.833. The molecule has 0 radical (unpaired) electrons. The van der Waals surface area contributed by atoms with Crippen LogP contribution in [0.15, 0.2) is 12.2 Å². The molecule has 0 amide bonds. The van der Waals surface area contributed by atoms with Crippen molar-refractivity contribution in [1.29, 1.82) is 0 Å². The molecular weight excluding hydrogens is 265 g/mol. The summed E-state index contributed by atoms with van der Waals surface area (Å²) in [6, 6.07) is 0. The van der Waals surface area contributed by atoms with Crippen molar-refractivity contribution in [2.24, 2.45) is 5.92 Å². The molecule has 0 aliphatic heterocycles. The summed E-state index contributed by atoms with van der Waals surface area (Å²) in [6.07, 6.45) is 2.45. The topological polar surface area (TPSA) is 0 Å². The van der Waals surface area contributed by atoms with E-state index in [1.807, 2.05) is 17.8 Å². The van der Waals surface area contributed by atoms with Gasteiger partial charge < -0.3 is 0 Å². The third kappa shape index (κ3) is 11.1. The molecule has 0 aromatic heterocycles. The smallest absolute Gasteiger partial charge is 0.171 e. The van der Waals surface area contributed by atoms with Gasteiger partial charge in [0.1, 0.15) is 0 Å². The maximum Gasteiger partial charge on any atom is 0.389 e. The second kappa shape index (κ2) is 9.20. The molecule has 0 saturated carbocycles. The van der Waals surface area contributed by atoms with E-state index < -0.39 is 12.6 Å². The van der Waals surface area contributed by atoms with Crippen LogP contribution >= 0.6 is 23.5 Å². The molecule has 0 aromatic rings. The Labute approximate surface area is 111 Å². The first-order chi connectivity index (χ1) is 7.87. The Bertz CT molecular complexity index is 212. The van der Waals surface area contributed by atoms with E-state index in [-0.39, 0.29) is 5.75 Å². The molecule has 5 heteroatoms. The molecule has 0 N–H and O–H groups in total. The highest BCUT2D eigenvalue weighted by molar-refractivity contribution is 7.99. The lowest BCUT2D eigenvalue weighted by atomic mass is 10.1. The van der Waals surface area contributed by atoms with Gasteiger partial charge in [-0.1, -0.05) is 26.0 Å². The Balaban J connectivity index is 3.55. The molecule has 1 atom stereocenters. The van der Waals surface area contributed by atoms with Crippen molar-refractivity contribution < 1.29 is 13.2 Å². The van der Waals surface area contributed by atoms with Crippen LogP contribution in [0, 0.1) is 5.92 Å². The van der Waals surface area contributed by atoms with E-state index in [0.29, 0.717) is 16.9 Å². The Hall–Kier alpha value is 0.230. The first-order valence-corrected chi connectivity index (χ1v) is 8.13. The fourth-order valence-electron chi connectivity index (χ4n) is 1.28. The van der Waals surface area contributed by atoms with E-state index in [4.69, 9.17) is 0 Å². The molecule has 0 spiro atoms. The van der Waals surface area contributed by atoms with Gasteiger partial charge >= 0.3 is 6.18 Å². The number of alkyl halides is 3. The van der Waals surface area contributed by atoms with Crippen LogP contribution in [0.5, 0.6) is 0 Å². The van der Waals surface area contributed by atoms with Gasteiger partial charge in [0, 0.05) is 16.8 Å². The van der Waals surface area contributed by atoms with Crippen molar-refractivity contribution in [2.75, 3.05) is 17.8 Å². The number of hydrogen-bond acceptors (Lipinski definition) is 2. The van der Waals surface area contributed by atoms with Gasteiger partial charge in [-0.25, -0.2) is 0 Å². The van der Waals surface area contributed by atoms with Gasteiger partial charge in [-0.05, 0) is 18.6 Å². The van der Waals surface area contributed by atoms with E-state index in [1.165, 1.54) is 11.8 Å². The summed E-state index contributed by atoms with van der Waals surface area (Å²) in [5, 5.41) is 0.603. The van der Waals surface area contributed by atoms with Crippen LogP contribution in [0.1, 0.15) is 26.7 Å². The van der Waals surface area contributed by atoms with Crippen LogP contribution in [-0.4, -0.2) is 29.2 Å². The van der Waals surface area contributed by atoms with Gasteiger partial charge in [-0.3, -0.25) is 0 Å². The highest BCUT2D eigenvalue weighted by Gasteiger charge is 2.25. The summed E-state index contributed by atoms with van der Waals surface area (Å²) in [7, 11) is 0. The zero-order valence-electron chi connectivity index (χ0n) is 10.6. The summed E-state index contributed by atoms with van der Waals surface area (Å²) < 4.78 is 35.5. The lowest BCUT2D eigenvalue weighted by Crippen LogP contribution is -2.09. The van der Waals surface area contributed by atoms with E-state index in [1.54, 1.807) is 0 Å². The zero-order chi connectivity index (χ0) is 13.3. The Morgan fingerprint density at radius 3 is 2.29 bits per heavy atom. The summed E-state index contributed by atoms with van der Waals surface area (Å²) in [6.45, 7) is 4.38. The van der Waals surface area contributed by atoms with Gasteiger partial charge in [0.15, 0.2) is 0 Å². The number of rotatable bonds is 8. The summed E-state index contributed by atoms with van der Waals surface area (Å²) in [5.74, 6) is 1.46. The average Bonchev–Trinajstić information content (AvgIpc) is 2.20. The summed E-state index contributed by atoms with van der Waals surface area (Å²) in [5.41, 5.74) is 0. The Kier molecular flexibility index (Phi) is 9.32. The largest absolute Gasteiger partial charge is 0.389 e. The van der Waals surface area contributed by atoms with Crippen LogP contribution in [-0.2, 0) is 0 Å². The van der Waals surface area contributed by atoms with Crippen molar-refractivity contribution in [3.63, 3.8) is 0 Å². The quantitative estimate of drug-likeness (QED) is 0.454. The monoisotopic (exact) mass is 286 g/mol. The maximum absolute atomic E-state index is 11.8. The van der Waals surface area contributed by atoms with Crippen LogP contribution in [0.4, 0.5) is 13.2 Å². The van der Waals surface area contributed by atoms with E-state index >= 15 is 0 Å². The predicted molar refractivity (Wildman–Crippen MR) is 73.9 cm³/mol. The molecule has 102 valence electrons. The van der Waals surface area contributed by atoms with Gasteiger partial charge in [-0.2, -0.15) is 36.7 Å². The van der Waals surface area contributed by atoms with Gasteiger partial charge in [0.25, 0.3) is 0 Å². The number of thioether (sulfide) groups is 2. The van der Waals surface area contributed by atoms with Gasteiger partial charge in [0.05, 0.1) is 6.42 Å². The molecule has 0 aliphatic carbocycles. The number of halogens is 3. The van der Waals surface area contributed by atoms with Crippen molar-refractivity contribution in [2.45, 2.75) is 38.1 Å². The second-order valence-corrected chi connectivity index (χ2v) is 6.39. The lowest BCUT2D eigenvalue weighted by Gasteiger charge is -2.15. The average molecular weight is 286 g/mol. The highest BCUT2D eigenvalue weighted by Crippen LogP contribution is 2.22. The first kappa shape index (κ1) is 17.2. The Morgan fingerprint density at radius 2 is 1.82 bits per heavy atom. The SMILES string of the molecule is CS[C@@H](C/C=C/CSCCC(F)(F)F)C(C)C. The molecule has 17 heavy (non-hydrogen) atoms. The van der Waals surface area contributed by atoms with Gasteiger partial charge in [-0.15, -0.1) is 0 Å². The molecule has 0 rings (SSSR count). The number of hydrogen-bond donors (Lipinski definition) is 0. The minimum absolute atomic E-state index is 0.157. The van der Waals surface area contributed by atoms with Crippen molar-refractivity contribution >= 4 is 23.5 Å². The summed E-state index contributed by atoms with van der Waals surface area (Å²) in [4.78, 5) is 0. The Morgan fingerprint density at radius 1 is 1.18 bits per heavy atom. The van der Waals surface area contributed by atoms with Crippen molar-refractivity contribution in [3.05, 3.63) is 12.2 Å². The van der Waals surface area contributed by atoms with Gasteiger partial charge in [0.2, 0.25) is 0 Å². The molecule has 0 nitrogen and oxygen atoms in total. The first-order valence-electron chi connectivity index (χ1n) is 5.69. The minimum atomic E-state index is -4.02. The van der Waals surface area contributed by atoms with Crippen LogP contribution in [0.3, 0.4) is 0 Å². The summed E-state index contributed by atoms with van der Waals surface area (Å²) >= 11 is 3.18. The third-order valence-electron chi connectivity index (χ3n) is 2.33. The molecule has 0 aromatic carbocycles. The third-order valence-corrected chi connectivity index (χ3v) is 4.59. The molecule has 0 unspecified atom stereocenters. The van der Waals surface area contributed by atoms with Crippen LogP contribution in [0.25, 0.3) is 0 Å². The maximum atomic E-state index is 11.8. The predicted octanol–water partition coefficient (Wildman–Crippen LogP) is 5.01. The van der Waals surface area contributed by atoms with E-state index in [9.17, 15) is 13.2 Å². The molecule has 0 aliphatic rings. The number of allylic oxidation sites excluding steroid dienone is 1. The van der Waals surface area contributed by atoms with Crippen molar-refractivity contribution in [1.82, 2.24) is 0 Å². The molecular formula is C12H21F3S2. The normalized spacial score (nSPS) is 14.8. The lowest BCUT2D eigenvalue weighted by molar-refractivity contribution is -0.129. The highest BCUT2D eigenvalue weighted by atomic mass is 32.2. The molecule has 0 saturated heterocycles. The second-order valence-electron chi connectivity index (χ2n) is 4.17. The van der Waals surface area contributed by atoms with E-state index in [0.717, 1.165) is 6.42 Å². The standard InChI is InChI=1S/C12H21F3S2/c1-10(2)11(16-3)6-4-5-8-17-9-7-12(13,14)15/h4-5,10-11H,6-9H2,1-3H3/b5-4+/t11-/m0/s1.